The molecule has 1 amide bonds. The van der Waals surface area contributed by atoms with Gasteiger partial charge in [0, 0.05) is 38.4 Å². The summed E-state index contributed by atoms with van der Waals surface area (Å²) >= 11 is 0. The van der Waals surface area contributed by atoms with Crippen LogP contribution in [0.4, 0.5) is 5.82 Å². The number of hydrogen-bond donors (Lipinski definition) is 1. The third-order valence-electron chi connectivity index (χ3n) is 5.12. The number of carbonyl (C=O) groups excluding carboxylic acids is 1. The summed E-state index contributed by atoms with van der Waals surface area (Å²) in [6.07, 6.45) is 8.92. The molecule has 25 heavy (non-hydrogen) atoms. The van der Waals surface area contributed by atoms with Crippen LogP contribution in [0.2, 0.25) is 0 Å². The molecule has 1 aromatic rings. The highest BCUT2D eigenvalue weighted by atomic mass is 35.5. The minimum absolute atomic E-state index is 0. The summed E-state index contributed by atoms with van der Waals surface area (Å²) < 4.78 is 0. The molecule has 1 N–H and O–H groups in total. The van der Waals surface area contributed by atoms with Crippen LogP contribution in [0.25, 0.3) is 0 Å². The van der Waals surface area contributed by atoms with E-state index in [-0.39, 0.29) is 30.7 Å². The first-order valence-electron chi connectivity index (χ1n) is 8.95. The normalized spacial score (nSPS) is 18.8. The van der Waals surface area contributed by atoms with E-state index in [1.54, 1.807) is 6.20 Å². The van der Waals surface area contributed by atoms with Crippen molar-refractivity contribution in [2.45, 2.75) is 44.6 Å². The molecule has 0 bridgehead atoms. The molecule has 5 nitrogen and oxygen atoms in total. The topological polar surface area (TPSA) is 48.5 Å². The van der Waals surface area contributed by atoms with Gasteiger partial charge in [-0.1, -0.05) is 12.8 Å². The van der Waals surface area contributed by atoms with Crippen LogP contribution in [0.5, 0.6) is 0 Å². The van der Waals surface area contributed by atoms with Gasteiger partial charge in [-0.2, -0.15) is 0 Å². The van der Waals surface area contributed by atoms with E-state index >= 15 is 0 Å². The first-order valence-corrected chi connectivity index (χ1v) is 8.95. The number of nitrogens with one attached hydrogen (secondary N) is 1. The van der Waals surface area contributed by atoms with Gasteiger partial charge in [-0.15, -0.1) is 24.8 Å². The van der Waals surface area contributed by atoms with Crippen LogP contribution in [-0.2, 0) is 0 Å². The van der Waals surface area contributed by atoms with Gasteiger partial charge in [-0.05, 0) is 44.9 Å². The molecule has 0 spiro atoms. The van der Waals surface area contributed by atoms with E-state index in [0.29, 0.717) is 11.6 Å². The summed E-state index contributed by atoms with van der Waals surface area (Å²) in [6.45, 7) is 3.83. The molecule has 0 radical (unpaired) electrons. The second-order valence-corrected chi connectivity index (χ2v) is 6.66. The van der Waals surface area contributed by atoms with Gasteiger partial charge in [-0.3, -0.25) is 4.79 Å². The lowest BCUT2D eigenvalue weighted by Crippen LogP contribution is -2.44. The van der Waals surface area contributed by atoms with E-state index in [4.69, 9.17) is 0 Å². The van der Waals surface area contributed by atoms with E-state index < -0.39 is 0 Å². The number of anilines is 1. The van der Waals surface area contributed by atoms with Gasteiger partial charge in [0.2, 0.25) is 0 Å². The standard InChI is InChI=1S/C18H28N4O.2ClH/c1-19-16-8-12-22(13-9-16)18(23)15-6-7-17(20-14-15)21-10-4-2-3-5-11-21;;/h6-7,14,16,19H,2-5,8-13H2,1H3;2*1H. The molecule has 0 saturated carbocycles. The fourth-order valence-corrected chi connectivity index (χ4v) is 3.55. The summed E-state index contributed by atoms with van der Waals surface area (Å²) in [5.41, 5.74) is 0.714. The SMILES string of the molecule is CNC1CCN(C(=O)c2ccc(N3CCCCCC3)nc2)CC1.Cl.Cl. The molecule has 3 heterocycles. The Bertz CT molecular complexity index is 510. The van der Waals surface area contributed by atoms with Gasteiger partial charge in [0.15, 0.2) is 0 Å². The highest BCUT2D eigenvalue weighted by Gasteiger charge is 2.23. The van der Waals surface area contributed by atoms with Gasteiger partial charge in [0.05, 0.1) is 5.56 Å². The number of rotatable bonds is 3. The van der Waals surface area contributed by atoms with Crippen LogP contribution >= 0.6 is 24.8 Å². The zero-order chi connectivity index (χ0) is 16.1. The van der Waals surface area contributed by atoms with Crippen LogP contribution < -0.4 is 10.2 Å². The molecule has 3 rings (SSSR count). The second-order valence-electron chi connectivity index (χ2n) is 6.66. The van der Waals surface area contributed by atoms with E-state index in [1.807, 2.05) is 24.1 Å². The quantitative estimate of drug-likeness (QED) is 0.863. The number of carbonyl (C=O) groups is 1. The van der Waals surface area contributed by atoms with Gasteiger partial charge in [0.1, 0.15) is 5.82 Å². The fraction of sp³-hybridized carbons (Fsp3) is 0.667. The lowest BCUT2D eigenvalue weighted by Gasteiger charge is -2.31. The number of halogens is 2. The maximum absolute atomic E-state index is 12.6. The third-order valence-corrected chi connectivity index (χ3v) is 5.12. The smallest absolute Gasteiger partial charge is 0.255 e. The van der Waals surface area contributed by atoms with Crippen molar-refractivity contribution in [1.29, 1.82) is 0 Å². The Balaban J connectivity index is 0.00000156. The Kier molecular flexibility index (Phi) is 9.54. The van der Waals surface area contributed by atoms with E-state index in [2.05, 4.69) is 15.2 Å². The number of piperidine rings is 1. The number of pyridine rings is 1. The van der Waals surface area contributed by atoms with Crippen LogP contribution in [0.15, 0.2) is 18.3 Å². The Morgan fingerprint density at radius 3 is 2.20 bits per heavy atom. The molecule has 142 valence electrons. The largest absolute Gasteiger partial charge is 0.357 e. The highest BCUT2D eigenvalue weighted by Crippen LogP contribution is 2.19. The summed E-state index contributed by atoms with van der Waals surface area (Å²) in [4.78, 5) is 21.4. The molecule has 2 aliphatic heterocycles. The summed E-state index contributed by atoms with van der Waals surface area (Å²) in [5, 5.41) is 3.30. The Labute approximate surface area is 163 Å². The maximum atomic E-state index is 12.6. The number of nitrogens with zero attached hydrogens (tertiary/aromatic N) is 3. The van der Waals surface area contributed by atoms with E-state index in [9.17, 15) is 4.79 Å². The number of aromatic nitrogens is 1. The average molecular weight is 389 g/mol. The first-order chi connectivity index (χ1) is 11.3. The Hall–Kier alpha value is -1.04. The molecule has 2 saturated heterocycles. The van der Waals surface area contributed by atoms with Crippen molar-refractivity contribution >= 4 is 36.5 Å². The number of likely N-dealkylation sites (tertiary alicyclic amines) is 1. The van der Waals surface area contributed by atoms with E-state index in [0.717, 1.165) is 44.8 Å². The maximum Gasteiger partial charge on any atom is 0.255 e. The minimum Gasteiger partial charge on any atom is -0.357 e. The first kappa shape index (κ1) is 22.0. The van der Waals surface area contributed by atoms with E-state index in [1.165, 1.54) is 25.7 Å². The summed E-state index contributed by atoms with van der Waals surface area (Å²) in [5.74, 6) is 1.13. The van der Waals surface area contributed by atoms with Crippen molar-refractivity contribution in [2.24, 2.45) is 0 Å². The third kappa shape index (κ3) is 5.73. The van der Waals surface area contributed by atoms with Gasteiger partial charge < -0.3 is 15.1 Å². The molecule has 7 heteroatoms. The van der Waals surface area contributed by atoms with Crippen molar-refractivity contribution in [1.82, 2.24) is 15.2 Å². The predicted octanol–water partition coefficient (Wildman–Crippen LogP) is 3.13. The van der Waals surface area contributed by atoms with Crippen molar-refractivity contribution < 1.29 is 4.79 Å². The zero-order valence-electron chi connectivity index (χ0n) is 14.9. The van der Waals surface area contributed by atoms with Crippen molar-refractivity contribution in [2.75, 3.05) is 38.1 Å². The van der Waals surface area contributed by atoms with Crippen molar-refractivity contribution in [3.8, 4) is 0 Å². The Morgan fingerprint density at radius 1 is 1.04 bits per heavy atom. The lowest BCUT2D eigenvalue weighted by atomic mass is 10.0. The minimum atomic E-state index is 0. The molecule has 2 fully saturated rings. The molecule has 0 atom stereocenters. The molecular weight excluding hydrogens is 359 g/mol. The molecule has 0 unspecified atom stereocenters. The van der Waals surface area contributed by atoms with Crippen LogP contribution in [-0.4, -0.2) is 55.1 Å². The predicted molar refractivity (Wildman–Crippen MR) is 107 cm³/mol. The molecular formula is C18H30Cl2N4O. The van der Waals surface area contributed by atoms with Gasteiger partial charge in [0.25, 0.3) is 5.91 Å². The number of amides is 1. The molecule has 2 aliphatic rings. The van der Waals surface area contributed by atoms with Crippen molar-refractivity contribution in [3.05, 3.63) is 23.9 Å². The zero-order valence-corrected chi connectivity index (χ0v) is 16.6. The fourth-order valence-electron chi connectivity index (χ4n) is 3.55. The number of hydrogen-bond acceptors (Lipinski definition) is 4. The van der Waals surface area contributed by atoms with Gasteiger partial charge >= 0.3 is 0 Å². The Morgan fingerprint density at radius 2 is 1.68 bits per heavy atom. The monoisotopic (exact) mass is 388 g/mol. The van der Waals surface area contributed by atoms with Crippen LogP contribution in [0.1, 0.15) is 48.9 Å². The summed E-state index contributed by atoms with van der Waals surface area (Å²) in [6, 6.07) is 4.50. The van der Waals surface area contributed by atoms with Crippen LogP contribution in [0, 0.1) is 0 Å². The van der Waals surface area contributed by atoms with Crippen LogP contribution in [0.3, 0.4) is 0 Å². The second kappa shape index (κ2) is 10.8. The molecule has 0 aliphatic carbocycles. The lowest BCUT2D eigenvalue weighted by molar-refractivity contribution is 0.0707. The van der Waals surface area contributed by atoms with Gasteiger partial charge in [-0.25, -0.2) is 4.98 Å². The van der Waals surface area contributed by atoms with Crippen molar-refractivity contribution in [3.63, 3.8) is 0 Å². The average Bonchev–Trinajstić information content (AvgIpc) is 2.91. The highest BCUT2D eigenvalue weighted by molar-refractivity contribution is 5.94. The molecule has 0 aromatic carbocycles. The molecule has 1 aromatic heterocycles. The summed E-state index contributed by atoms with van der Waals surface area (Å²) in [7, 11) is 1.99.